The molecular formula is C22H23F3N2O3. The van der Waals surface area contributed by atoms with Crippen LogP contribution >= 0.6 is 0 Å². The summed E-state index contributed by atoms with van der Waals surface area (Å²) < 4.78 is 44.2. The standard InChI is InChI=1S/C22H23F3N2O3/c23-22(24,25)16-3-1-13(2-4-16)12-30-17-7-15(10-26-11-17)14-5-6-27-20(8-14)18-9-19(18)21(28)29/h5-8,10-11,13,16,18-19H,1-4,9,12H2,(H,28,29)/t13-,16-,18-,19-/m1/s1. The van der Waals surface area contributed by atoms with Gasteiger partial charge in [0.05, 0.1) is 24.6 Å². The lowest BCUT2D eigenvalue weighted by molar-refractivity contribution is -0.184. The highest BCUT2D eigenvalue weighted by atomic mass is 19.4. The van der Waals surface area contributed by atoms with E-state index in [0.717, 1.165) is 16.8 Å². The van der Waals surface area contributed by atoms with E-state index in [0.29, 0.717) is 31.6 Å². The van der Waals surface area contributed by atoms with Crippen molar-refractivity contribution in [3.8, 4) is 16.9 Å². The lowest BCUT2D eigenvalue weighted by atomic mass is 9.82. The van der Waals surface area contributed by atoms with Crippen LogP contribution < -0.4 is 4.74 Å². The van der Waals surface area contributed by atoms with Crippen LogP contribution in [-0.2, 0) is 4.79 Å². The number of ether oxygens (including phenoxy) is 1. The van der Waals surface area contributed by atoms with E-state index in [1.807, 2.05) is 18.2 Å². The maximum atomic E-state index is 12.8. The van der Waals surface area contributed by atoms with Gasteiger partial charge in [-0.1, -0.05) is 0 Å². The number of aliphatic carboxylic acids is 1. The van der Waals surface area contributed by atoms with Crippen LogP contribution in [0.3, 0.4) is 0 Å². The summed E-state index contributed by atoms with van der Waals surface area (Å²) in [5, 5.41) is 9.12. The summed E-state index contributed by atoms with van der Waals surface area (Å²) in [5.74, 6) is -1.73. The molecule has 0 aromatic carbocycles. The SMILES string of the molecule is O=C(O)[C@@H]1C[C@H]1c1cc(-c2cncc(OC[C@H]3CC[C@H](C(F)(F)F)CC3)c2)ccn1. The van der Waals surface area contributed by atoms with Gasteiger partial charge in [0.1, 0.15) is 5.75 Å². The summed E-state index contributed by atoms with van der Waals surface area (Å²) in [4.78, 5) is 19.6. The molecule has 2 aromatic heterocycles. The predicted molar refractivity (Wildman–Crippen MR) is 103 cm³/mol. The van der Waals surface area contributed by atoms with Gasteiger partial charge in [-0.05, 0) is 61.8 Å². The van der Waals surface area contributed by atoms with E-state index in [1.165, 1.54) is 0 Å². The maximum absolute atomic E-state index is 12.8. The number of pyridine rings is 2. The molecule has 2 atom stereocenters. The molecule has 0 spiro atoms. The van der Waals surface area contributed by atoms with Gasteiger partial charge in [-0.3, -0.25) is 14.8 Å². The van der Waals surface area contributed by atoms with Gasteiger partial charge in [0.25, 0.3) is 0 Å². The molecule has 0 radical (unpaired) electrons. The van der Waals surface area contributed by atoms with Crippen molar-refractivity contribution in [1.82, 2.24) is 9.97 Å². The highest BCUT2D eigenvalue weighted by Crippen LogP contribution is 2.47. The van der Waals surface area contributed by atoms with Crippen molar-refractivity contribution < 1.29 is 27.8 Å². The van der Waals surface area contributed by atoms with Crippen LogP contribution in [0.25, 0.3) is 11.1 Å². The Morgan fingerprint density at radius 2 is 1.90 bits per heavy atom. The van der Waals surface area contributed by atoms with E-state index in [-0.39, 0.29) is 30.6 Å². The number of rotatable bonds is 6. The zero-order valence-corrected chi connectivity index (χ0v) is 16.3. The Kier molecular flexibility index (Phi) is 5.66. The Bertz CT molecular complexity index is 910. The number of halogens is 3. The molecule has 0 bridgehead atoms. The summed E-state index contributed by atoms with van der Waals surface area (Å²) in [6, 6.07) is 5.56. The molecule has 0 amide bonds. The largest absolute Gasteiger partial charge is 0.492 e. The quantitative estimate of drug-likeness (QED) is 0.706. The fraction of sp³-hybridized carbons (Fsp3) is 0.500. The fourth-order valence-corrected chi connectivity index (χ4v) is 4.15. The molecule has 2 heterocycles. The van der Waals surface area contributed by atoms with Gasteiger partial charge >= 0.3 is 12.1 Å². The number of nitrogens with zero attached hydrogens (tertiary/aromatic N) is 2. The van der Waals surface area contributed by atoms with E-state index in [2.05, 4.69) is 9.97 Å². The lowest BCUT2D eigenvalue weighted by Gasteiger charge is -2.29. The number of carboxylic acid groups (broad SMARTS) is 1. The average molecular weight is 420 g/mol. The average Bonchev–Trinajstić information content (AvgIpc) is 3.54. The molecule has 0 saturated heterocycles. The van der Waals surface area contributed by atoms with Crippen LogP contribution in [0.1, 0.15) is 43.7 Å². The summed E-state index contributed by atoms with van der Waals surface area (Å²) in [6.07, 6.45) is 2.80. The number of hydrogen-bond acceptors (Lipinski definition) is 4. The molecule has 4 rings (SSSR count). The van der Waals surface area contributed by atoms with Gasteiger partial charge < -0.3 is 9.84 Å². The van der Waals surface area contributed by atoms with E-state index in [1.54, 1.807) is 18.6 Å². The van der Waals surface area contributed by atoms with Gasteiger partial charge in [0.2, 0.25) is 0 Å². The Hall–Kier alpha value is -2.64. The van der Waals surface area contributed by atoms with E-state index in [9.17, 15) is 18.0 Å². The number of aromatic nitrogens is 2. The van der Waals surface area contributed by atoms with Crippen molar-refractivity contribution in [1.29, 1.82) is 0 Å². The fourth-order valence-electron chi connectivity index (χ4n) is 4.15. The van der Waals surface area contributed by atoms with Gasteiger partial charge in [0, 0.05) is 29.6 Å². The van der Waals surface area contributed by atoms with Gasteiger partial charge in [0.15, 0.2) is 0 Å². The van der Waals surface area contributed by atoms with E-state index < -0.39 is 18.1 Å². The van der Waals surface area contributed by atoms with Crippen LogP contribution in [0.4, 0.5) is 13.2 Å². The second kappa shape index (κ2) is 8.24. The Morgan fingerprint density at radius 1 is 1.13 bits per heavy atom. The van der Waals surface area contributed by atoms with Gasteiger partial charge in [-0.15, -0.1) is 0 Å². The molecule has 160 valence electrons. The molecule has 8 heteroatoms. The molecule has 1 N–H and O–H groups in total. The monoisotopic (exact) mass is 420 g/mol. The summed E-state index contributed by atoms with van der Waals surface area (Å²) in [6.45, 7) is 0.375. The molecule has 5 nitrogen and oxygen atoms in total. The van der Waals surface area contributed by atoms with Crippen LogP contribution in [0, 0.1) is 17.8 Å². The van der Waals surface area contributed by atoms with Crippen molar-refractivity contribution >= 4 is 5.97 Å². The smallest absolute Gasteiger partial charge is 0.391 e. The second-order valence-corrected chi connectivity index (χ2v) is 8.24. The number of carbonyl (C=O) groups is 1. The molecule has 0 unspecified atom stereocenters. The molecule has 2 saturated carbocycles. The van der Waals surface area contributed by atoms with Crippen LogP contribution in [-0.4, -0.2) is 33.8 Å². The molecule has 30 heavy (non-hydrogen) atoms. The zero-order valence-electron chi connectivity index (χ0n) is 16.3. The number of carboxylic acids is 1. The molecule has 0 aliphatic heterocycles. The predicted octanol–water partition coefficient (Wildman–Crippen LogP) is 5.08. The highest BCUT2D eigenvalue weighted by molar-refractivity contribution is 5.75. The zero-order chi connectivity index (χ0) is 21.3. The normalized spacial score (nSPS) is 26.2. The first kappa shape index (κ1) is 20.6. The van der Waals surface area contributed by atoms with Crippen molar-refractivity contribution in [2.75, 3.05) is 6.61 Å². The minimum atomic E-state index is -4.10. The van der Waals surface area contributed by atoms with Gasteiger partial charge in [-0.25, -0.2) is 0 Å². The van der Waals surface area contributed by atoms with E-state index >= 15 is 0 Å². The van der Waals surface area contributed by atoms with Crippen LogP contribution in [0.2, 0.25) is 0 Å². The van der Waals surface area contributed by atoms with Crippen molar-refractivity contribution in [3.63, 3.8) is 0 Å². The summed E-state index contributed by atoms with van der Waals surface area (Å²) in [7, 11) is 0. The van der Waals surface area contributed by atoms with Gasteiger partial charge in [-0.2, -0.15) is 13.2 Å². The van der Waals surface area contributed by atoms with Crippen molar-refractivity contribution in [3.05, 3.63) is 42.5 Å². The van der Waals surface area contributed by atoms with Crippen LogP contribution in [0.5, 0.6) is 5.75 Å². The second-order valence-electron chi connectivity index (χ2n) is 8.24. The minimum Gasteiger partial charge on any atom is -0.492 e. The number of hydrogen-bond donors (Lipinski definition) is 1. The molecule has 2 aliphatic carbocycles. The van der Waals surface area contributed by atoms with Crippen LogP contribution in [0.15, 0.2) is 36.8 Å². The first-order valence-electron chi connectivity index (χ1n) is 10.1. The minimum absolute atomic E-state index is 0.0540. The molecule has 2 aromatic rings. The molecule has 2 aliphatic rings. The third-order valence-electron chi connectivity index (χ3n) is 6.11. The Labute approximate surface area is 172 Å². The summed E-state index contributed by atoms with van der Waals surface area (Å²) >= 11 is 0. The topological polar surface area (TPSA) is 72.3 Å². The Morgan fingerprint density at radius 3 is 2.57 bits per heavy atom. The third kappa shape index (κ3) is 4.74. The Balaban J connectivity index is 1.36. The first-order valence-corrected chi connectivity index (χ1v) is 10.1. The van der Waals surface area contributed by atoms with Crippen molar-refractivity contribution in [2.24, 2.45) is 17.8 Å². The lowest BCUT2D eigenvalue weighted by Crippen LogP contribution is -2.29. The maximum Gasteiger partial charge on any atom is 0.391 e. The van der Waals surface area contributed by atoms with E-state index in [4.69, 9.17) is 9.84 Å². The third-order valence-corrected chi connectivity index (χ3v) is 6.11. The first-order chi connectivity index (χ1) is 14.3. The van der Waals surface area contributed by atoms with Crippen molar-refractivity contribution in [2.45, 2.75) is 44.2 Å². The summed E-state index contributed by atoms with van der Waals surface area (Å²) in [5.41, 5.74) is 2.46. The molecular weight excluding hydrogens is 397 g/mol. The molecule has 2 fully saturated rings. The highest BCUT2D eigenvalue weighted by Gasteiger charge is 2.45. The number of alkyl halides is 3.